The van der Waals surface area contributed by atoms with Crippen LogP contribution in [-0.2, 0) is 11.2 Å². The van der Waals surface area contributed by atoms with Gasteiger partial charge in [-0.3, -0.25) is 0 Å². The first kappa shape index (κ1) is 16.5. The van der Waals surface area contributed by atoms with Gasteiger partial charge in [0.2, 0.25) is 0 Å². The number of hydrogen-bond donors (Lipinski definition) is 1. The van der Waals surface area contributed by atoms with Crippen LogP contribution in [0.25, 0.3) is 0 Å². The second-order valence-corrected chi connectivity index (χ2v) is 6.26. The molecule has 1 unspecified atom stereocenters. The summed E-state index contributed by atoms with van der Waals surface area (Å²) >= 11 is 0. The van der Waals surface area contributed by atoms with Gasteiger partial charge in [0.05, 0.1) is 12.6 Å². The summed E-state index contributed by atoms with van der Waals surface area (Å²) in [6.45, 7) is 7.07. The summed E-state index contributed by atoms with van der Waals surface area (Å²) in [5, 5.41) is 3.54. The molecule has 1 N–H and O–H groups in total. The van der Waals surface area contributed by atoms with E-state index in [9.17, 15) is 0 Å². The maximum absolute atomic E-state index is 5.92. The average Bonchev–Trinajstić information content (AvgIpc) is 2.45. The summed E-state index contributed by atoms with van der Waals surface area (Å²) in [7, 11) is 0. The molecule has 2 nitrogen and oxygen atoms in total. The molecule has 0 radical (unpaired) electrons. The Balaban J connectivity index is 1.78. The Morgan fingerprint density at radius 2 is 1.95 bits per heavy atom. The number of ether oxygens (including phenoxy) is 1. The molecule has 1 aliphatic carbocycles. The van der Waals surface area contributed by atoms with Gasteiger partial charge in [0.25, 0.3) is 0 Å². The van der Waals surface area contributed by atoms with E-state index in [4.69, 9.17) is 4.74 Å². The fourth-order valence-electron chi connectivity index (χ4n) is 2.96. The number of likely N-dealkylation sites (N-methyl/N-ethyl adjacent to an activating group) is 1. The Bertz CT molecular complexity index is 383. The van der Waals surface area contributed by atoms with Crippen molar-refractivity contribution in [3.8, 4) is 0 Å². The van der Waals surface area contributed by atoms with E-state index in [0.29, 0.717) is 6.04 Å². The van der Waals surface area contributed by atoms with Gasteiger partial charge >= 0.3 is 0 Å². The fraction of sp³-hybridized carbons (Fsp3) is 0.684. The summed E-state index contributed by atoms with van der Waals surface area (Å²) in [4.78, 5) is 0. The highest BCUT2D eigenvalue weighted by Gasteiger charge is 2.17. The normalized spacial score (nSPS) is 16.7. The molecule has 1 aliphatic rings. The molecule has 21 heavy (non-hydrogen) atoms. The molecule has 0 bridgehead atoms. The summed E-state index contributed by atoms with van der Waals surface area (Å²) in [5.74, 6) is 0.941. The topological polar surface area (TPSA) is 21.3 Å². The Kier molecular flexibility index (Phi) is 7.25. The predicted octanol–water partition coefficient (Wildman–Crippen LogP) is 4.50. The second kappa shape index (κ2) is 9.22. The molecule has 1 aromatic carbocycles. The highest BCUT2D eigenvalue weighted by atomic mass is 16.5. The lowest BCUT2D eigenvalue weighted by Gasteiger charge is -2.25. The van der Waals surface area contributed by atoms with E-state index in [1.54, 1.807) is 0 Å². The van der Waals surface area contributed by atoms with Crippen LogP contribution in [0.3, 0.4) is 0 Å². The lowest BCUT2D eigenvalue weighted by atomic mass is 9.83. The maximum Gasteiger partial charge on any atom is 0.0661 e. The fourth-order valence-corrected chi connectivity index (χ4v) is 2.96. The lowest BCUT2D eigenvalue weighted by molar-refractivity contribution is 0.0891. The molecule has 118 valence electrons. The van der Waals surface area contributed by atoms with Gasteiger partial charge in [-0.05, 0) is 36.4 Å². The van der Waals surface area contributed by atoms with Crippen LogP contribution in [0.5, 0.6) is 0 Å². The van der Waals surface area contributed by atoms with Crippen molar-refractivity contribution in [2.24, 2.45) is 5.92 Å². The van der Waals surface area contributed by atoms with Crippen molar-refractivity contribution in [3.05, 3.63) is 35.4 Å². The zero-order valence-electron chi connectivity index (χ0n) is 13.7. The third kappa shape index (κ3) is 5.44. The van der Waals surface area contributed by atoms with Crippen LogP contribution in [-0.4, -0.2) is 19.8 Å². The van der Waals surface area contributed by atoms with Crippen LogP contribution in [0.15, 0.2) is 24.3 Å². The molecule has 1 fully saturated rings. The first-order valence-electron chi connectivity index (χ1n) is 8.73. The number of benzene rings is 1. The van der Waals surface area contributed by atoms with Crippen molar-refractivity contribution in [2.45, 2.75) is 58.4 Å². The Morgan fingerprint density at radius 1 is 1.19 bits per heavy atom. The quantitative estimate of drug-likeness (QED) is 0.640. The Hall–Kier alpha value is -0.860. The van der Waals surface area contributed by atoms with Crippen LogP contribution in [0.4, 0.5) is 0 Å². The molecule has 0 aliphatic heterocycles. The molecule has 2 heteroatoms. The minimum atomic E-state index is 0.326. The molecule has 2 rings (SSSR count). The third-order valence-corrected chi connectivity index (χ3v) is 4.55. The Labute approximate surface area is 130 Å². The Morgan fingerprint density at radius 3 is 2.52 bits per heavy atom. The van der Waals surface area contributed by atoms with Gasteiger partial charge in [-0.2, -0.15) is 0 Å². The van der Waals surface area contributed by atoms with Crippen molar-refractivity contribution in [3.63, 3.8) is 0 Å². The molecule has 0 aromatic heterocycles. The molecule has 0 spiro atoms. The van der Waals surface area contributed by atoms with E-state index >= 15 is 0 Å². The van der Waals surface area contributed by atoms with Crippen LogP contribution in [0.2, 0.25) is 0 Å². The summed E-state index contributed by atoms with van der Waals surface area (Å²) in [6.07, 6.45) is 7.88. The number of hydrogen-bond acceptors (Lipinski definition) is 2. The van der Waals surface area contributed by atoms with Crippen molar-refractivity contribution in [1.29, 1.82) is 0 Å². The highest BCUT2D eigenvalue weighted by molar-refractivity contribution is 5.25. The number of rotatable bonds is 10. The monoisotopic (exact) mass is 289 g/mol. The largest absolute Gasteiger partial charge is 0.379 e. The van der Waals surface area contributed by atoms with Crippen LogP contribution in [0.1, 0.15) is 63.1 Å². The van der Waals surface area contributed by atoms with Gasteiger partial charge in [0.1, 0.15) is 0 Å². The molecule has 0 heterocycles. The van der Waals surface area contributed by atoms with Gasteiger partial charge < -0.3 is 10.1 Å². The molecular weight excluding hydrogens is 258 g/mol. The van der Waals surface area contributed by atoms with Gasteiger partial charge in [-0.25, -0.2) is 0 Å². The smallest absolute Gasteiger partial charge is 0.0661 e. The van der Waals surface area contributed by atoms with E-state index in [1.165, 1.54) is 49.7 Å². The van der Waals surface area contributed by atoms with E-state index in [2.05, 4.69) is 43.4 Å². The van der Waals surface area contributed by atoms with E-state index in [1.807, 2.05) is 0 Å². The zero-order chi connectivity index (χ0) is 14.9. The molecule has 0 saturated heterocycles. The molecule has 1 saturated carbocycles. The van der Waals surface area contributed by atoms with Gasteiger partial charge in [0, 0.05) is 6.61 Å². The molecule has 1 atom stereocenters. The summed E-state index contributed by atoms with van der Waals surface area (Å²) < 4.78 is 5.92. The standard InChI is InChI=1S/C19H31NO/c1-3-6-16-9-11-18(12-10-16)19(20-4-2)15-21-14-13-17-7-5-8-17/h9-12,17,19-20H,3-8,13-15H2,1-2H3. The van der Waals surface area contributed by atoms with E-state index < -0.39 is 0 Å². The zero-order valence-corrected chi connectivity index (χ0v) is 13.7. The first-order chi connectivity index (χ1) is 10.3. The average molecular weight is 289 g/mol. The minimum absolute atomic E-state index is 0.326. The number of nitrogens with one attached hydrogen (secondary N) is 1. The minimum Gasteiger partial charge on any atom is -0.379 e. The van der Waals surface area contributed by atoms with Gasteiger partial charge in [0.15, 0.2) is 0 Å². The molecule has 0 amide bonds. The van der Waals surface area contributed by atoms with Crippen LogP contribution in [0, 0.1) is 5.92 Å². The lowest BCUT2D eigenvalue weighted by Crippen LogP contribution is -2.26. The number of aryl methyl sites for hydroxylation is 1. The maximum atomic E-state index is 5.92. The molecule has 1 aromatic rings. The molecular formula is C19H31NO. The summed E-state index contributed by atoms with van der Waals surface area (Å²) in [6, 6.07) is 9.36. The first-order valence-corrected chi connectivity index (χ1v) is 8.73. The van der Waals surface area contributed by atoms with Crippen molar-refractivity contribution < 1.29 is 4.74 Å². The summed E-state index contributed by atoms with van der Waals surface area (Å²) in [5.41, 5.74) is 2.78. The highest BCUT2D eigenvalue weighted by Crippen LogP contribution is 2.29. The van der Waals surface area contributed by atoms with E-state index in [-0.39, 0.29) is 0 Å². The second-order valence-electron chi connectivity index (χ2n) is 6.26. The predicted molar refractivity (Wildman–Crippen MR) is 89.6 cm³/mol. The van der Waals surface area contributed by atoms with Crippen LogP contribution >= 0.6 is 0 Å². The van der Waals surface area contributed by atoms with Gasteiger partial charge in [-0.15, -0.1) is 0 Å². The van der Waals surface area contributed by atoms with Crippen molar-refractivity contribution in [1.82, 2.24) is 5.32 Å². The third-order valence-electron chi connectivity index (χ3n) is 4.55. The van der Waals surface area contributed by atoms with Crippen molar-refractivity contribution >= 4 is 0 Å². The van der Waals surface area contributed by atoms with Gasteiger partial charge in [-0.1, -0.05) is 63.8 Å². The van der Waals surface area contributed by atoms with Crippen LogP contribution < -0.4 is 5.32 Å². The SMILES string of the molecule is CCCc1ccc(C(COCCC2CCC2)NCC)cc1. The van der Waals surface area contributed by atoms with E-state index in [0.717, 1.165) is 25.7 Å². The van der Waals surface area contributed by atoms with Crippen molar-refractivity contribution in [2.75, 3.05) is 19.8 Å².